The molecule has 1 saturated carbocycles. The van der Waals surface area contributed by atoms with E-state index < -0.39 is 0 Å². The van der Waals surface area contributed by atoms with Gasteiger partial charge in [0.25, 0.3) is 0 Å². The van der Waals surface area contributed by atoms with Gasteiger partial charge in [0, 0.05) is 22.9 Å². The van der Waals surface area contributed by atoms with Gasteiger partial charge in [-0.2, -0.15) is 0 Å². The second-order valence-corrected chi connectivity index (χ2v) is 9.09. The van der Waals surface area contributed by atoms with Gasteiger partial charge in [-0.15, -0.1) is 21.5 Å². The Morgan fingerprint density at radius 2 is 2.04 bits per heavy atom. The average Bonchev–Trinajstić information content (AvgIpc) is 3.20. The second-order valence-electron chi connectivity index (χ2n) is 6.75. The van der Waals surface area contributed by atoms with E-state index in [4.69, 9.17) is 0 Å². The van der Waals surface area contributed by atoms with Crippen molar-refractivity contribution in [3.63, 3.8) is 0 Å². The molecule has 6 heteroatoms. The molecule has 0 N–H and O–H groups in total. The average molecular weight is 384 g/mol. The summed E-state index contributed by atoms with van der Waals surface area (Å²) < 4.78 is 2.25. The van der Waals surface area contributed by atoms with E-state index >= 15 is 0 Å². The summed E-state index contributed by atoms with van der Waals surface area (Å²) in [6.45, 7) is 3.98. The third-order valence-electron chi connectivity index (χ3n) is 4.55. The van der Waals surface area contributed by atoms with Crippen molar-refractivity contribution in [1.29, 1.82) is 0 Å². The smallest absolute Gasteiger partial charge is 0.192 e. The van der Waals surface area contributed by atoms with Crippen LogP contribution < -0.4 is 0 Å². The molecule has 2 aromatic heterocycles. The first-order valence-corrected chi connectivity index (χ1v) is 10.6. The summed E-state index contributed by atoms with van der Waals surface area (Å²) in [6, 6.07) is 12.5. The minimum atomic E-state index is -0.186. The summed E-state index contributed by atoms with van der Waals surface area (Å²) in [6.07, 6.45) is 3.15. The number of thiophene rings is 1. The summed E-state index contributed by atoms with van der Waals surface area (Å²) in [4.78, 5) is 14.0. The quantitative estimate of drug-likeness (QED) is 0.428. The van der Waals surface area contributed by atoms with E-state index in [1.807, 2.05) is 38.1 Å². The first-order valence-electron chi connectivity index (χ1n) is 8.85. The van der Waals surface area contributed by atoms with Gasteiger partial charge in [0.2, 0.25) is 0 Å². The Bertz CT molecular complexity index is 896. The fourth-order valence-corrected chi connectivity index (χ4v) is 4.66. The van der Waals surface area contributed by atoms with Crippen LogP contribution in [0.3, 0.4) is 0 Å². The topological polar surface area (TPSA) is 47.8 Å². The first kappa shape index (κ1) is 17.5. The number of rotatable bonds is 7. The van der Waals surface area contributed by atoms with E-state index in [0.29, 0.717) is 6.04 Å². The first-order chi connectivity index (χ1) is 12.6. The maximum absolute atomic E-state index is 12.7. The maximum atomic E-state index is 12.7. The SMILES string of the molecule is Cc1ccc(C(=O)C(C)Sc2nnc(Cc3cccs3)n2C2CC2)cc1. The number of hydrogen-bond donors (Lipinski definition) is 0. The minimum absolute atomic E-state index is 0.139. The van der Waals surface area contributed by atoms with E-state index in [1.165, 1.54) is 29.5 Å². The highest BCUT2D eigenvalue weighted by Crippen LogP contribution is 2.40. The highest BCUT2D eigenvalue weighted by atomic mass is 32.2. The number of thioether (sulfide) groups is 1. The molecule has 1 aliphatic rings. The molecule has 0 amide bonds. The van der Waals surface area contributed by atoms with Crippen LogP contribution in [0.5, 0.6) is 0 Å². The van der Waals surface area contributed by atoms with E-state index in [9.17, 15) is 4.79 Å². The number of Topliss-reactive ketones (excluding diaryl/α,β-unsaturated/α-hetero) is 1. The summed E-state index contributed by atoms with van der Waals surface area (Å²) in [5.74, 6) is 1.15. The molecule has 4 rings (SSSR count). The van der Waals surface area contributed by atoms with Crippen molar-refractivity contribution >= 4 is 28.9 Å². The molecule has 1 fully saturated rings. The Hall–Kier alpha value is -1.92. The summed E-state index contributed by atoms with van der Waals surface area (Å²) in [5.41, 5.74) is 1.92. The third-order valence-corrected chi connectivity index (χ3v) is 6.48. The number of aromatic nitrogens is 3. The Balaban J connectivity index is 1.53. The van der Waals surface area contributed by atoms with Crippen molar-refractivity contribution < 1.29 is 4.79 Å². The molecule has 0 spiro atoms. The highest BCUT2D eigenvalue weighted by molar-refractivity contribution is 8.00. The monoisotopic (exact) mass is 383 g/mol. The van der Waals surface area contributed by atoms with Crippen LogP contribution in [-0.2, 0) is 6.42 Å². The molecule has 1 aromatic carbocycles. The third kappa shape index (κ3) is 3.76. The Morgan fingerprint density at radius 3 is 2.69 bits per heavy atom. The van der Waals surface area contributed by atoms with Gasteiger partial charge in [0.05, 0.1) is 5.25 Å². The molecular formula is C20H21N3OS2. The lowest BCUT2D eigenvalue weighted by Crippen LogP contribution is -2.15. The van der Waals surface area contributed by atoms with Gasteiger partial charge in [-0.3, -0.25) is 4.79 Å². The zero-order chi connectivity index (χ0) is 18.1. The van der Waals surface area contributed by atoms with Crippen LogP contribution in [-0.4, -0.2) is 25.8 Å². The number of aryl methyl sites for hydroxylation is 1. The standard InChI is InChI=1S/C20H21N3OS2/c1-13-5-7-15(8-6-13)19(24)14(2)26-20-22-21-18(23(20)16-9-10-16)12-17-4-3-11-25-17/h3-8,11,14,16H,9-10,12H2,1-2H3. The molecule has 0 aliphatic heterocycles. The lowest BCUT2D eigenvalue weighted by molar-refractivity contribution is 0.0994. The van der Waals surface area contributed by atoms with Crippen LogP contribution in [0.1, 0.15) is 52.4 Å². The zero-order valence-corrected chi connectivity index (χ0v) is 16.5. The van der Waals surface area contributed by atoms with Crippen molar-refractivity contribution in [2.75, 3.05) is 0 Å². The molecule has 0 saturated heterocycles. The molecule has 134 valence electrons. The Labute approximate surface area is 161 Å². The second kappa shape index (κ2) is 7.37. The fourth-order valence-electron chi connectivity index (χ4n) is 2.94. The summed E-state index contributed by atoms with van der Waals surface area (Å²) in [5, 5.41) is 11.6. The number of ketones is 1. The lowest BCUT2D eigenvalue weighted by Gasteiger charge is -2.12. The number of hydrogen-bond acceptors (Lipinski definition) is 5. The van der Waals surface area contributed by atoms with E-state index in [1.54, 1.807) is 11.3 Å². The van der Waals surface area contributed by atoms with Crippen LogP contribution >= 0.6 is 23.1 Å². The van der Waals surface area contributed by atoms with E-state index in [-0.39, 0.29) is 11.0 Å². The van der Waals surface area contributed by atoms with Crippen molar-refractivity contribution in [3.8, 4) is 0 Å². The molecule has 3 aromatic rings. The van der Waals surface area contributed by atoms with Gasteiger partial charge < -0.3 is 4.57 Å². The molecule has 1 atom stereocenters. The van der Waals surface area contributed by atoms with Gasteiger partial charge in [0.1, 0.15) is 5.82 Å². The van der Waals surface area contributed by atoms with Crippen LogP contribution in [0.2, 0.25) is 0 Å². The molecule has 0 bridgehead atoms. The van der Waals surface area contributed by atoms with Gasteiger partial charge in [-0.1, -0.05) is 47.7 Å². The van der Waals surface area contributed by atoms with Crippen LogP contribution in [0.15, 0.2) is 46.9 Å². The molecule has 1 aliphatic carbocycles. The molecule has 4 nitrogen and oxygen atoms in total. The van der Waals surface area contributed by atoms with Gasteiger partial charge in [-0.25, -0.2) is 0 Å². The Morgan fingerprint density at radius 1 is 1.27 bits per heavy atom. The van der Waals surface area contributed by atoms with Gasteiger partial charge in [-0.05, 0) is 38.1 Å². The minimum Gasteiger partial charge on any atom is -0.303 e. The normalized spacial score (nSPS) is 15.2. The van der Waals surface area contributed by atoms with E-state index in [0.717, 1.165) is 28.5 Å². The Kier molecular flexibility index (Phi) is 4.96. The number of carbonyl (C=O) groups excluding carboxylic acids is 1. The number of benzene rings is 1. The van der Waals surface area contributed by atoms with Crippen LogP contribution in [0, 0.1) is 6.92 Å². The van der Waals surface area contributed by atoms with Crippen LogP contribution in [0.4, 0.5) is 0 Å². The van der Waals surface area contributed by atoms with Crippen molar-refractivity contribution in [3.05, 3.63) is 63.6 Å². The highest BCUT2D eigenvalue weighted by Gasteiger charge is 2.31. The number of carbonyl (C=O) groups is 1. The molecular weight excluding hydrogens is 362 g/mol. The summed E-state index contributed by atoms with van der Waals surface area (Å²) in [7, 11) is 0. The van der Waals surface area contributed by atoms with Crippen molar-refractivity contribution in [2.45, 2.75) is 49.6 Å². The fraction of sp³-hybridized carbons (Fsp3) is 0.350. The zero-order valence-electron chi connectivity index (χ0n) is 14.9. The molecule has 1 unspecified atom stereocenters. The lowest BCUT2D eigenvalue weighted by atomic mass is 10.1. The van der Waals surface area contributed by atoms with Crippen molar-refractivity contribution in [2.24, 2.45) is 0 Å². The summed E-state index contributed by atoms with van der Waals surface area (Å²) >= 11 is 3.27. The molecule has 26 heavy (non-hydrogen) atoms. The van der Waals surface area contributed by atoms with E-state index in [2.05, 4.69) is 32.3 Å². The molecule has 2 heterocycles. The largest absolute Gasteiger partial charge is 0.303 e. The van der Waals surface area contributed by atoms with Crippen LogP contribution in [0.25, 0.3) is 0 Å². The van der Waals surface area contributed by atoms with Gasteiger partial charge >= 0.3 is 0 Å². The van der Waals surface area contributed by atoms with Gasteiger partial charge in [0.15, 0.2) is 10.9 Å². The number of nitrogens with zero attached hydrogens (tertiary/aromatic N) is 3. The predicted octanol–water partition coefficient (Wildman–Crippen LogP) is 4.94. The maximum Gasteiger partial charge on any atom is 0.192 e. The van der Waals surface area contributed by atoms with Crippen molar-refractivity contribution in [1.82, 2.24) is 14.8 Å². The predicted molar refractivity (Wildman–Crippen MR) is 106 cm³/mol. The molecule has 0 radical (unpaired) electrons.